The van der Waals surface area contributed by atoms with Crippen molar-refractivity contribution in [3.63, 3.8) is 0 Å². The predicted molar refractivity (Wildman–Crippen MR) is 62.5 cm³/mol. The van der Waals surface area contributed by atoms with Gasteiger partial charge in [-0.1, -0.05) is 0 Å². The molecule has 1 rings (SSSR count). The molecule has 0 spiro atoms. The van der Waals surface area contributed by atoms with Crippen LogP contribution in [0.1, 0.15) is 34.6 Å². The minimum Gasteiger partial charge on any atom is -0.449 e. The van der Waals surface area contributed by atoms with E-state index in [1.807, 2.05) is 0 Å². The number of rotatable bonds is 1. The number of nitrogens with zero attached hydrogens (tertiary/aromatic N) is 2. The summed E-state index contributed by atoms with van der Waals surface area (Å²) < 4.78 is 4.71. The Bertz CT molecular complexity index is 374. The Morgan fingerprint density at radius 3 is 1.89 bits per heavy atom. The molecule has 0 unspecified atom stereocenters. The molecule has 0 bridgehead atoms. The highest BCUT2D eigenvalue weighted by Gasteiger charge is 2.61. The Morgan fingerprint density at radius 1 is 1.17 bits per heavy atom. The van der Waals surface area contributed by atoms with Crippen molar-refractivity contribution in [3.8, 4) is 0 Å². The number of hydrogen-bond donors (Lipinski definition) is 0. The van der Waals surface area contributed by atoms with E-state index in [0.29, 0.717) is 4.90 Å². The third-order valence-electron chi connectivity index (χ3n) is 3.02. The van der Waals surface area contributed by atoms with Crippen LogP contribution in [0.15, 0.2) is 0 Å². The largest absolute Gasteiger partial charge is 0.449 e. The summed E-state index contributed by atoms with van der Waals surface area (Å²) in [4.78, 5) is 36.4. The number of piperazine rings is 1. The lowest BCUT2D eigenvalue weighted by Crippen LogP contribution is -2.73. The van der Waals surface area contributed by atoms with Crippen LogP contribution in [0, 0.1) is 0 Å². The lowest BCUT2D eigenvalue weighted by molar-refractivity contribution is -0.239. The average Bonchev–Trinajstić information content (AvgIpc) is 2.26. The number of imide groups is 3. The third kappa shape index (κ3) is 1.89. The Balaban J connectivity index is 3.24. The van der Waals surface area contributed by atoms with Crippen molar-refractivity contribution < 1.29 is 24.3 Å². The molecule has 3 amide bonds. The van der Waals surface area contributed by atoms with Gasteiger partial charge >= 0.3 is 6.09 Å². The van der Waals surface area contributed by atoms with E-state index in [2.05, 4.69) is 0 Å². The summed E-state index contributed by atoms with van der Waals surface area (Å²) in [5.41, 5.74) is -2.55. The molecule has 18 heavy (non-hydrogen) atoms. The van der Waals surface area contributed by atoms with Crippen molar-refractivity contribution in [3.05, 3.63) is 0 Å². The molecule has 0 aromatic carbocycles. The summed E-state index contributed by atoms with van der Waals surface area (Å²) in [5.74, 6) is -1.50. The Morgan fingerprint density at radius 2 is 1.56 bits per heavy atom. The molecule has 0 atom stereocenters. The molecule has 1 aliphatic rings. The van der Waals surface area contributed by atoms with Gasteiger partial charge in [0.05, 0.1) is 6.61 Å². The van der Waals surface area contributed by atoms with Gasteiger partial charge in [0, 0.05) is 0 Å². The molecule has 7 nitrogen and oxygen atoms in total. The fourth-order valence-corrected chi connectivity index (χ4v) is 1.88. The van der Waals surface area contributed by atoms with Crippen LogP contribution in [0.2, 0.25) is 0 Å². The fourth-order valence-electron chi connectivity index (χ4n) is 1.88. The quantitative estimate of drug-likeness (QED) is 0.489. The average molecular weight is 259 g/mol. The maximum Gasteiger partial charge on any atom is 0.423 e. The van der Waals surface area contributed by atoms with Gasteiger partial charge in [0.15, 0.2) is 11.1 Å². The van der Waals surface area contributed by atoms with E-state index in [4.69, 9.17) is 9.94 Å². The van der Waals surface area contributed by atoms with E-state index in [9.17, 15) is 14.4 Å². The van der Waals surface area contributed by atoms with Gasteiger partial charge in [0.25, 0.3) is 11.8 Å². The first-order valence-electron chi connectivity index (χ1n) is 5.65. The smallest absolute Gasteiger partial charge is 0.423 e. The van der Waals surface area contributed by atoms with E-state index < -0.39 is 29.0 Å². The number of carbonyl (C=O) groups excluding carboxylic acids is 3. The molecule has 102 valence electrons. The van der Waals surface area contributed by atoms with Crippen molar-refractivity contribution in [1.82, 2.24) is 9.96 Å². The standard InChI is InChI=1S/C11H18N2O5/c1-6-18-9(16)12-7(14)10(2,3)13(17)11(4,5)8(12)15/h17H,6H2,1-5H3/p+1. The second-order valence-electron chi connectivity index (χ2n) is 5.10. The number of hydrogen-bond acceptors (Lipinski definition) is 5. The first-order valence-corrected chi connectivity index (χ1v) is 5.65. The van der Waals surface area contributed by atoms with E-state index in [0.717, 1.165) is 5.06 Å². The first kappa shape index (κ1) is 14.6. The molecular formula is C11H19N2O5+. The molecule has 0 aliphatic carbocycles. The number of amides is 3. The molecule has 0 aromatic heterocycles. The summed E-state index contributed by atoms with van der Waals surface area (Å²) >= 11 is 0. The van der Waals surface area contributed by atoms with Crippen LogP contribution in [0.3, 0.4) is 0 Å². The highest BCUT2D eigenvalue weighted by Crippen LogP contribution is 2.32. The zero-order valence-electron chi connectivity index (χ0n) is 11.2. The molecular weight excluding hydrogens is 240 g/mol. The zero-order valence-corrected chi connectivity index (χ0v) is 11.2. The highest BCUT2D eigenvalue weighted by atomic mass is 16.6. The molecule has 0 radical (unpaired) electrons. The molecule has 0 saturated carbocycles. The number of ether oxygens (including phenoxy) is 1. The Labute approximate surface area is 105 Å². The van der Waals surface area contributed by atoms with E-state index in [1.165, 1.54) is 27.7 Å². The summed E-state index contributed by atoms with van der Waals surface area (Å²) in [7, 11) is 0. The monoisotopic (exact) mass is 259 g/mol. The summed E-state index contributed by atoms with van der Waals surface area (Å²) in [6, 6.07) is 0. The van der Waals surface area contributed by atoms with Crippen molar-refractivity contribution >= 4 is 17.9 Å². The molecule has 1 heterocycles. The second-order valence-corrected chi connectivity index (χ2v) is 5.10. The van der Waals surface area contributed by atoms with E-state index in [-0.39, 0.29) is 6.61 Å². The van der Waals surface area contributed by atoms with Gasteiger partial charge in [-0.25, -0.2) is 4.79 Å². The SMILES string of the molecule is CCOC(=O)N1C(=O)C(C)(C)N([OH2+])C(C)(C)C1=O. The van der Waals surface area contributed by atoms with Gasteiger partial charge < -0.3 is 9.94 Å². The minimum absolute atomic E-state index is 0.0708. The Hall–Kier alpha value is -1.47. The topological polar surface area (TPSA) is 89.8 Å². The van der Waals surface area contributed by atoms with Gasteiger partial charge in [-0.2, -0.15) is 4.90 Å². The highest BCUT2D eigenvalue weighted by molar-refractivity contribution is 6.15. The van der Waals surface area contributed by atoms with Crippen molar-refractivity contribution in [2.24, 2.45) is 0 Å². The van der Waals surface area contributed by atoms with Crippen molar-refractivity contribution in [2.45, 2.75) is 45.7 Å². The maximum atomic E-state index is 12.1. The van der Waals surface area contributed by atoms with Gasteiger partial charge in [0.1, 0.15) is 0 Å². The number of carbonyl (C=O) groups is 3. The van der Waals surface area contributed by atoms with Crippen LogP contribution in [0.4, 0.5) is 4.79 Å². The minimum atomic E-state index is -1.27. The van der Waals surface area contributed by atoms with Crippen molar-refractivity contribution in [1.29, 1.82) is 0 Å². The van der Waals surface area contributed by atoms with Gasteiger partial charge in [0.2, 0.25) is 0 Å². The number of hydroxylamine groups is 2. The summed E-state index contributed by atoms with van der Waals surface area (Å²) in [6.45, 7) is 7.61. The lowest BCUT2D eigenvalue weighted by atomic mass is 9.89. The zero-order chi connectivity index (χ0) is 14.3. The van der Waals surface area contributed by atoms with Gasteiger partial charge in [-0.15, -0.1) is 0 Å². The normalized spacial score (nSPS) is 23.1. The van der Waals surface area contributed by atoms with Crippen LogP contribution >= 0.6 is 0 Å². The summed E-state index contributed by atoms with van der Waals surface area (Å²) in [6.07, 6.45) is -0.984. The molecule has 2 N–H and O–H groups in total. The fraction of sp³-hybridized carbons (Fsp3) is 0.727. The Kier molecular flexibility index (Phi) is 3.51. The maximum absolute atomic E-state index is 12.1. The van der Waals surface area contributed by atoms with E-state index >= 15 is 0 Å². The molecule has 0 aromatic rings. The van der Waals surface area contributed by atoms with Gasteiger partial charge in [-0.3, -0.25) is 9.59 Å². The molecule has 7 heteroatoms. The van der Waals surface area contributed by atoms with Crippen LogP contribution in [-0.2, 0) is 14.3 Å². The second kappa shape index (κ2) is 4.33. The summed E-state index contributed by atoms with van der Waals surface area (Å²) in [5, 5.41) is 8.80. The molecule has 1 fully saturated rings. The van der Waals surface area contributed by atoms with Crippen LogP contribution in [0.25, 0.3) is 0 Å². The predicted octanol–water partition coefficient (Wildman–Crippen LogP) is 0.0105. The lowest BCUT2D eigenvalue weighted by Gasteiger charge is -2.44. The van der Waals surface area contributed by atoms with Crippen LogP contribution in [0.5, 0.6) is 0 Å². The van der Waals surface area contributed by atoms with Gasteiger partial charge in [-0.05, 0) is 39.7 Å². The van der Waals surface area contributed by atoms with E-state index in [1.54, 1.807) is 6.92 Å². The van der Waals surface area contributed by atoms with Crippen LogP contribution < -0.4 is 0 Å². The first-order chi connectivity index (χ1) is 8.08. The van der Waals surface area contributed by atoms with Crippen LogP contribution in [-0.4, -0.2) is 50.8 Å². The molecule has 1 saturated heterocycles. The van der Waals surface area contributed by atoms with Crippen molar-refractivity contribution in [2.75, 3.05) is 6.61 Å². The third-order valence-corrected chi connectivity index (χ3v) is 3.02. The molecule has 1 aliphatic heterocycles.